The second-order valence-corrected chi connectivity index (χ2v) is 12.3. The Morgan fingerprint density at radius 3 is 2.30 bits per heavy atom. The van der Waals surface area contributed by atoms with E-state index in [1.54, 1.807) is 12.1 Å². The van der Waals surface area contributed by atoms with E-state index < -0.39 is 32.5 Å². The number of aryl methyl sites for hydroxylation is 2. The van der Waals surface area contributed by atoms with Crippen LogP contribution in [0, 0.1) is 13.8 Å². The normalized spacial score (nSPS) is 12.7. The molecule has 0 unspecified atom stereocenters. The molecule has 1 aliphatic heterocycles. The highest BCUT2D eigenvalue weighted by Gasteiger charge is 2.26. The summed E-state index contributed by atoms with van der Waals surface area (Å²) in [4.78, 5) is 12.8. The number of hydrogen-bond acceptors (Lipinski definition) is 7. The smallest absolute Gasteiger partial charge is 0.261 e. The number of anilines is 3. The molecule has 1 aliphatic rings. The van der Waals surface area contributed by atoms with E-state index in [2.05, 4.69) is 10.0 Å². The number of amides is 1. The largest absolute Gasteiger partial charge is 0.454 e. The summed E-state index contributed by atoms with van der Waals surface area (Å²) in [5.74, 6) is 0.0673. The Kier molecular flexibility index (Phi) is 7.32. The molecule has 3 aromatic carbocycles. The number of benzene rings is 3. The number of nitrogens with zero attached hydrogens (tertiary/aromatic N) is 1. The van der Waals surface area contributed by atoms with Crippen LogP contribution in [0.15, 0.2) is 65.6 Å². The number of rotatable bonds is 9. The lowest BCUT2D eigenvalue weighted by Gasteiger charge is -2.23. The van der Waals surface area contributed by atoms with Crippen LogP contribution in [0.1, 0.15) is 18.1 Å². The van der Waals surface area contributed by atoms with Crippen molar-refractivity contribution in [3.8, 4) is 11.5 Å². The van der Waals surface area contributed by atoms with Gasteiger partial charge >= 0.3 is 0 Å². The van der Waals surface area contributed by atoms with E-state index in [-0.39, 0.29) is 23.1 Å². The van der Waals surface area contributed by atoms with Gasteiger partial charge in [0.1, 0.15) is 6.54 Å². The molecular formula is C25H27N3O7S2. The maximum atomic E-state index is 12.8. The second-order valence-electron chi connectivity index (χ2n) is 8.44. The van der Waals surface area contributed by atoms with Crippen LogP contribution in [-0.4, -0.2) is 41.8 Å². The molecule has 0 aromatic heterocycles. The van der Waals surface area contributed by atoms with E-state index in [0.29, 0.717) is 22.9 Å². The van der Waals surface area contributed by atoms with E-state index in [9.17, 15) is 21.6 Å². The summed E-state index contributed by atoms with van der Waals surface area (Å²) in [7, 11) is -7.64. The first-order valence-corrected chi connectivity index (χ1v) is 14.5. The predicted molar refractivity (Wildman–Crippen MR) is 141 cm³/mol. The minimum Gasteiger partial charge on any atom is -0.454 e. The third-order valence-corrected chi connectivity index (χ3v) is 8.83. The van der Waals surface area contributed by atoms with Crippen LogP contribution < -0.4 is 23.8 Å². The van der Waals surface area contributed by atoms with Crippen molar-refractivity contribution in [2.45, 2.75) is 25.7 Å². The lowest BCUT2D eigenvalue weighted by atomic mass is 10.1. The van der Waals surface area contributed by atoms with Crippen LogP contribution >= 0.6 is 0 Å². The molecule has 10 nitrogen and oxygen atoms in total. The van der Waals surface area contributed by atoms with Gasteiger partial charge in [-0.1, -0.05) is 17.7 Å². The standard InChI is InChI=1S/C25H27N3O7S2/c1-4-36(30,31)28(20-8-12-23-24(14-20)35-16-34-23)15-25(29)26-19-6-9-21(10-7-19)37(32,33)27-22-11-5-17(2)13-18(22)3/h5-14,27H,4,15-16H2,1-3H3,(H,26,29). The summed E-state index contributed by atoms with van der Waals surface area (Å²) < 4.78 is 65.2. The molecule has 196 valence electrons. The minimum atomic E-state index is -3.85. The van der Waals surface area contributed by atoms with Gasteiger partial charge in [-0.15, -0.1) is 0 Å². The van der Waals surface area contributed by atoms with E-state index in [0.717, 1.165) is 15.4 Å². The van der Waals surface area contributed by atoms with E-state index >= 15 is 0 Å². The topological polar surface area (TPSA) is 131 Å². The van der Waals surface area contributed by atoms with Crippen molar-refractivity contribution in [2.24, 2.45) is 0 Å². The zero-order valence-electron chi connectivity index (χ0n) is 20.5. The first kappa shape index (κ1) is 26.3. The molecule has 0 bridgehead atoms. The minimum absolute atomic E-state index is 0.0148. The third-order valence-electron chi connectivity index (χ3n) is 5.71. The van der Waals surface area contributed by atoms with Crippen molar-refractivity contribution in [2.75, 3.05) is 33.4 Å². The first-order chi connectivity index (χ1) is 17.5. The molecule has 0 saturated heterocycles. The fourth-order valence-corrected chi connectivity index (χ4v) is 5.92. The number of hydrogen-bond donors (Lipinski definition) is 2. The molecule has 0 atom stereocenters. The molecule has 1 heterocycles. The number of ether oxygens (including phenoxy) is 2. The van der Waals surface area contributed by atoms with Crippen molar-refractivity contribution in [3.05, 3.63) is 71.8 Å². The molecule has 3 aromatic rings. The fourth-order valence-electron chi connectivity index (χ4n) is 3.73. The summed E-state index contributed by atoms with van der Waals surface area (Å²) in [5, 5.41) is 2.62. The number of nitrogens with one attached hydrogen (secondary N) is 2. The molecule has 4 rings (SSSR count). The maximum Gasteiger partial charge on any atom is 0.261 e. The number of sulfonamides is 2. The van der Waals surface area contributed by atoms with Gasteiger partial charge in [0, 0.05) is 11.8 Å². The Bertz CT molecular complexity index is 1540. The van der Waals surface area contributed by atoms with Gasteiger partial charge in [-0.2, -0.15) is 0 Å². The van der Waals surface area contributed by atoms with Crippen molar-refractivity contribution >= 4 is 43.0 Å². The number of fused-ring (bicyclic) bond motifs is 1. The van der Waals surface area contributed by atoms with Gasteiger partial charge in [0.05, 0.1) is 22.0 Å². The van der Waals surface area contributed by atoms with E-state index in [1.807, 2.05) is 26.0 Å². The van der Waals surface area contributed by atoms with Crippen LogP contribution in [0.5, 0.6) is 11.5 Å². The lowest BCUT2D eigenvalue weighted by Crippen LogP contribution is -2.39. The predicted octanol–water partition coefficient (Wildman–Crippen LogP) is 3.63. The van der Waals surface area contributed by atoms with Crippen LogP contribution in [-0.2, 0) is 24.8 Å². The van der Waals surface area contributed by atoms with E-state index in [4.69, 9.17) is 9.47 Å². The summed E-state index contributed by atoms with van der Waals surface area (Å²) >= 11 is 0. The molecule has 0 aliphatic carbocycles. The molecular weight excluding hydrogens is 518 g/mol. The lowest BCUT2D eigenvalue weighted by molar-refractivity contribution is -0.114. The average molecular weight is 546 g/mol. The highest BCUT2D eigenvalue weighted by molar-refractivity contribution is 7.93. The van der Waals surface area contributed by atoms with Gasteiger partial charge < -0.3 is 14.8 Å². The van der Waals surface area contributed by atoms with Gasteiger partial charge in [0.15, 0.2) is 11.5 Å². The number of carbonyl (C=O) groups excluding carboxylic acids is 1. The van der Waals surface area contributed by atoms with Gasteiger partial charge in [-0.25, -0.2) is 16.8 Å². The SMILES string of the molecule is CCS(=O)(=O)N(CC(=O)Nc1ccc(S(=O)(=O)Nc2ccc(C)cc2C)cc1)c1ccc2c(c1)OCO2. The summed E-state index contributed by atoms with van der Waals surface area (Å²) in [6, 6.07) is 15.6. The zero-order chi connectivity index (χ0) is 26.8. The molecule has 1 amide bonds. The molecule has 37 heavy (non-hydrogen) atoms. The summed E-state index contributed by atoms with van der Waals surface area (Å²) in [6.07, 6.45) is 0. The first-order valence-electron chi connectivity index (χ1n) is 11.4. The monoisotopic (exact) mass is 545 g/mol. The zero-order valence-corrected chi connectivity index (χ0v) is 22.1. The Morgan fingerprint density at radius 2 is 1.62 bits per heavy atom. The van der Waals surface area contributed by atoms with Crippen molar-refractivity contribution < 1.29 is 31.1 Å². The quantitative estimate of drug-likeness (QED) is 0.420. The summed E-state index contributed by atoms with van der Waals surface area (Å²) in [6.45, 7) is 4.77. The van der Waals surface area contributed by atoms with Crippen molar-refractivity contribution in [1.29, 1.82) is 0 Å². The van der Waals surface area contributed by atoms with Gasteiger partial charge in [-0.05, 0) is 68.8 Å². The fraction of sp³-hybridized carbons (Fsp3) is 0.240. The van der Waals surface area contributed by atoms with Crippen LogP contribution in [0.2, 0.25) is 0 Å². The van der Waals surface area contributed by atoms with Gasteiger partial charge in [0.25, 0.3) is 10.0 Å². The molecule has 0 radical (unpaired) electrons. The molecule has 0 fully saturated rings. The van der Waals surface area contributed by atoms with Gasteiger partial charge in [-0.3, -0.25) is 13.8 Å². The molecule has 2 N–H and O–H groups in total. The highest BCUT2D eigenvalue weighted by atomic mass is 32.2. The van der Waals surface area contributed by atoms with Crippen molar-refractivity contribution in [3.63, 3.8) is 0 Å². The Labute approximate surface area is 216 Å². The Balaban J connectivity index is 1.47. The van der Waals surface area contributed by atoms with Crippen LogP contribution in [0.4, 0.5) is 17.1 Å². The molecule has 0 saturated carbocycles. The van der Waals surface area contributed by atoms with Crippen molar-refractivity contribution in [1.82, 2.24) is 0 Å². The highest BCUT2D eigenvalue weighted by Crippen LogP contribution is 2.36. The maximum absolute atomic E-state index is 12.8. The molecule has 0 spiro atoms. The average Bonchev–Trinajstić information content (AvgIpc) is 3.32. The Hall–Kier alpha value is -3.77. The Morgan fingerprint density at radius 1 is 0.919 bits per heavy atom. The summed E-state index contributed by atoms with van der Waals surface area (Å²) in [5.41, 5.74) is 2.87. The van der Waals surface area contributed by atoms with Gasteiger partial charge in [0.2, 0.25) is 22.7 Å². The third kappa shape index (κ3) is 5.97. The second kappa shape index (κ2) is 10.3. The van der Waals surface area contributed by atoms with Crippen LogP contribution in [0.3, 0.4) is 0 Å². The number of carbonyl (C=O) groups is 1. The molecule has 12 heteroatoms. The van der Waals surface area contributed by atoms with Crippen LogP contribution in [0.25, 0.3) is 0 Å². The van der Waals surface area contributed by atoms with E-state index in [1.165, 1.54) is 43.3 Å².